The van der Waals surface area contributed by atoms with Crippen LogP contribution in [0.25, 0.3) is 5.57 Å². The van der Waals surface area contributed by atoms with Gasteiger partial charge in [0.05, 0.1) is 29.9 Å². The first-order valence-electron chi connectivity index (χ1n) is 10.4. The van der Waals surface area contributed by atoms with Gasteiger partial charge in [-0.25, -0.2) is 4.90 Å². The van der Waals surface area contributed by atoms with Gasteiger partial charge in [0.15, 0.2) is 0 Å². The Balaban J connectivity index is 1.75. The van der Waals surface area contributed by atoms with Gasteiger partial charge >= 0.3 is 0 Å². The monoisotopic (exact) mass is 459 g/mol. The fraction of sp³-hybridized carbons (Fsp3) is 0.120. The van der Waals surface area contributed by atoms with Crippen LogP contribution in [0, 0.1) is 10.1 Å². The number of ether oxygens (including phenoxy) is 2. The van der Waals surface area contributed by atoms with Crippen molar-refractivity contribution in [1.29, 1.82) is 0 Å². The van der Waals surface area contributed by atoms with Gasteiger partial charge in [-0.1, -0.05) is 0 Å². The summed E-state index contributed by atoms with van der Waals surface area (Å²) in [4.78, 5) is 38.5. The molecule has 0 aromatic heterocycles. The summed E-state index contributed by atoms with van der Waals surface area (Å²) in [7, 11) is 1.52. The lowest BCUT2D eigenvalue weighted by molar-refractivity contribution is -0.384. The second-order valence-electron chi connectivity index (χ2n) is 7.28. The molecular weight excluding hydrogens is 438 g/mol. The van der Waals surface area contributed by atoms with Crippen molar-refractivity contribution in [3.05, 3.63) is 94.2 Å². The van der Waals surface area contributed by atoms with E-state index in [1.165, 1.54) is 31.4 Å². The molecule has 0 aliphatic carbocycles. The summed E-state index contributed by atoms with van der Waals surface area (Å²) in [6.07, 6.45) is 0. The maximum Gasteiger partial charge on any atom is 0.282 e. The molecule has 0 atom stereocenters. The number of anilines is 2. The van der Waals surface area contributed by atoms with Gasteiger partial charge in [-0.05, 0) is 73.2 Å². The molecule has 0 saturated carbocycles. The van der Waals surface area contributed by atoms with Crippen molar-refractivity contribution in [3.8, 4) is 11.5 Å². The summed E-state index contributed by atoms with van der Waals surface area (Å²) < 4.78 is 10.6. The molecule has 0 radical (unpaired) electrons. The van der Waals surface area contributed by atoms with Crippen LogP contribution in [-0.2, 0) is 9.59 Å². The Bertz CT molecular complexity index is 1270. The highest BCUT2D eigenvalue weighted by molar-refractivity contribution is 6.46. The van der Waals surface area contributed by atoms with Crippen LogP contribution in [0.5, 0.6) is 11.5 Å². The quantitative estimate of drug-likeness (QED) is 0.302. The predicted octanol–water partition coefficient (Wildman–Crippen LogP) is 4.40. The van der Waals surface area contributed by atoms with E-state index < -0.39 is 16.7 Å². The van der Waals surface area contributed by atoms with E-state index in [0.29, 0.717) is 35.0 Å². The van der Waals surface area contributed by atoms with E-state index in [1.807, 2.05) is 6.92 Å². The van der Waals surface area contributed by atoms with E-state index in [4.69, 9.17) is 9.47 Å². The van der Waals surface area contributed by atoms with Gasteiger partial charge < -0.3 is 14.8 Å². The summed E-state index contributed by atoms with van der Waals surface area (Å²) in [6, 6.07) is 19.0. The van der Waals surface area contributed by atoms with Crippen LogP contribution >= 0.6 is 0 Å². The third kappa shape index (κ3) is 4.31. The number of rotatable bonds is 8. The molecule has 0 saturated heterocycles. The zero-order valence-electron chi connectivity index (χ0n) is 18.5. The number of benzene rings is 3. The first-order chi connectivity index (χ1) is 16.4. The van der Waals surface area contributed by atoms with E-state index in [-0.39, 0.29) is 17.0 Å². The molecule has 2 amide bonds. The standard InChI is InChI=1S/C25H21N3O6/c1-3-34-21-12-6-17(7-13-21)26-23-22(16-4-8-19(9-5-16)28(31)32)24(29)27(25(23)30)18-10-14-20(33-2)15-11-18/h4-15,26H,3H2,1-2H3. The van der Waals surface area contributed by atoms with Gasteiger partial charge in [-0.2, -0.15) is 0 Å². The Morgan fingerprint density at radius 3 is 2.06 bits per heavy atom. The van der Waals surface area contributed by atoms with Gasteiger partial charge in [0.25, 0.3) is 17.5 Å². The maximum absolute atomic E-state index is 13.5. The molecule has 0 spiro atoms. The maximum atomic E-state index is 13.5. The largest absolute Gasteiger partial charge is 0.497 e. The van der Waals surface area contributed by atoms with Gasteiger partial charge in [-0.3, -0.25) is 19.7 Å². The van der Waals surface area contributed by atoms with E-state index >= 15 is 0 Å². The molecule has 0 unspecified atom stereocenters. The Labute approximate surface area is 195 Å². The number of non-ortho nitro benzene ring substituents is 1. The van der Waals surface area contributed by atoms with Crippen molar-refractivity contribution in [2.75, 3.05) is 23.9 Å². The molecule has 3 aromatic rings. The van der Waals surface area contributed by atoms with Crippen molar-refractivity contribution in [1.82, 2.24) is 0 Å². The molecular formula is C25H21N3O6. The summed E-state index contributed by atoms with van der Waals surface area (Å²) in [5.41, 5.74) is 1.40. The van der Waals surface area contributed by atoms with Crippen LogP contribution in [0.2, 0.25) is 0 Å². The number of carbonyl (C=O) groups excluding carboxylic acids is 2. The smallest absolute Gasteiger partial charge is 0.282 e. The molecule has 1 heterocycles. The average Bonchev–Trinajstić information content (AvgIpc) is 3.09. The third-order valence-corrected chi connectivity index (χ3v) is 5.22. The highest BCUT2D eigenvalue weighted by atomic mass is 16.6. The molecule has 0 fully saturated rings. The fourth-order valence-corrected chi connectivity index (χ4v) is 3.57. The first kappa shape index (κ1) is 22.5. The molecule has 9 heteroatoms. The van der Waals surface area contributed by atoms with Crippen molar-refractivity contribution in [3.63, 3.8) is 0 Å². The average molecular weight is 459 g/mol. The van der Waals surface area contributed by atoms with Crippen molar-refractivity contribution < 1.29 is 24.0 Å². The molecule has 0 bridgehead atoms. The number of imide groups is 1. The van der Waals surface area contributed by atoms with Gasteiger partial charge in [0.1, 0.15) is 17.2 Å². The zero-order valence-corrected chi connectivity index (χ0v) is 18.5. The highest BCUT2D eigenvalue weighted by Gasteiger charge is 2.40. The number of hydrogen-bond acceptors (Lipinski definition) is 7. The summed E-state index contributed by atoms with van der Waals surface area (Å²) in [6.45, 7) is 2.40. The number of nitrogens with zero attached hydrogens (tertiary/aromatic N) is 2. The number of hydrogen-bond donors (Lipinski definition) is 1. The molecule has 1 aliphatic rings. The Morgan fingerprint density at radius 1 is 0.882 bits per heavy atom. The molecule has 34 heavy (non-hydrogen) atoms. The molecule has 4 rings (SSSR count). The number of amides is 2. The normalized spacial score (nSPS) is 13.3. The van der Waals surface area contributed by atoms with Gasteiger partial charge in [-0.15, -0.1) is 0 Å². The van der Waals surface area contributed by atoms with Crippen LogP contribution in [0.1, 0.15) is 12.5 Å². The lowest BCUT2D eigenvalue weighted by Gasteiger charge is -2.16. The molecule has 1 aliphatic heterocycles. The minimum absolute atomic E-state index is 0.0684. The number of carbonyl (C=O) groups is 2. The molecule has 3 aromatic carbocycles. The summed E-state index contributed by atoms with van der Waals surface area (Å²) in [5, 5.41) is 14.1. The van der Waals surface area contributed by atoms with E-state index in [9.17, 15) is 19.7 Å². The van der Waals surface area contributed by atoms with Crippen LogP contribution in [0.4, 0.5) is 17.1 Å². The second kappa shape index (κ2) is 9.45. The SMILES string of the molecule is CCOc1ccc(NC2=C(c3ccc([N+](=O)[O-])cc3)C(=O)N(c3ccc(OC)cc3)C2=O)cc1. The van der Waals surface area contributed by atoms with E-state index in [1.54, 1.807) is 48.5 Å². The first-order valence-corrected chi connectivity index (χ1v) is 10.4. The van der Waals surface area contributed by atoms with Gasteiger partial charge in [0, 0.05) is 17.8 Å². The predicted molar refractivity (Wildman–Crippen MR) is 127 cm³/mol. The van der Waals surface area contributed by atoms with Crippen molar-refractivity contribution in [2.45, 2.75) is 6.92 Å². The molecule has 172 valence electrons. The number of nitro groups is 1. The second-order valence-corrected chi connectivity index (χ2v) is 7.28. The Morgan fingerprint density at radius 2 is 1.50 bits per heavy atom. The summed E-state index contributed by atoms with van der Waals surface area (Å²) >= 11 is 0. The number of methoxy groups -OCH3 is 1. The highest BCUT2D eigenvalue weighted by Crippen LogP contribution is 2.35. The van der Waals surface area contributed by atoms with Crippen molar-refractivity contribution in [2.24, 2.45) is 0 Å². The van der Waals surface area contributed by atoms with Crippen molar-refractivity contribution >= 4 is 34.4 Å². The minimum Gasteiger partial charge on any atom is -0.497 e. The zero-order chi connectivity index (χ0) is 24.2. The minimum atomic E-state index is -0.544. The van der Waals surface area contributed by atoms with Crippen LogP contribution in [0.3, 0.4) is 0 Å². The lowest BCUT2D eigenvalue weighted by atomic mass is 10.0. The fourth-order valence-electron chi connectivity index (χ4n) is 3.57. The van der Waals surface area contributed by atoms with Crippen LogP contribution in [0.15, 0.2) is 78.5 Å². The van der Waals surface area contributed by atoms with Crippen LogP contribution < -0.4 is 19.7 Å². The molecule has 9 nitrogen and oxygen atoms in total. The topological polar surface area (TPSA) is 111 Å². The lowest BCUT2D eigenvalue weighted by Crippen LogP contribution is -2.32. The third-order valence-electron chi connectivity index (χ3n) is 5.22. The summed E-state index contributed by atoms with van der Waals surface area (Å²) in [5.74, 6) is 0.167. The molecule has 1 N–H and O–H groups in total. The number of nitro benzene ring substituents is 1. The van der Waals surface area contributed by atoms with E-state index in [0.717, 1.165) is 4.90 Å². The van der Waals surface area contributed by atoms with E-state index in [2.05, 4.69) is 5.32 Å². The van der Waals surface area contributed by atoms with Crippen LogP contribution in [-0.4, -0.2) is 30.5 Å². The Hall–Kier alpha value is -4.66. The number of nitrogens with one attached hydrogen (secondary N) is 1. The van der Waals surface area contributed by atoms with Gasteiger partial charge in [0.2, 0.25) is 0 Å². The Kier molecular flexibility index (Phi) is 6.26.